The van der Waals surface area contributed by atoms with E-state index in [-0.39, 0.29) is 11.6 Å². The zero-order chi connectivity index (χ0) is 15.2. The molecule has 1 aliphatic carbocycles. The van der Waals surface area contributed by atoms with Gasteiger partial charge in [-0.2, -0.15) is 0 Å². The molecule has 1 N–H and O–H groups in total. The van der Waals surface area contributed by atoms with Crippen LogP contribution in [0, 0.1) is 29.4 Å². The molecule has 0 bridgehead atoms. The molecule has 21 heavy (non-hydrogen) atoms. The third kappa shape index (κ3) is 4.50. The molecule has 0 aromatic heterocycles. The van der Waals surface area contributed by atoms with Gasteiger partial charge in [0.15, 0.2) is 0 Å². The Labute approximate surface area is 127 Å². The summed E-state index contributed by atoms with van der Waals surface area (Å²) < 4.78 is 27.3. The fourth-order valence-electron chi connectivity index (χ4n) is 3.86. The Balaban J connectivity index is 2.09. The van der Waals surface area contributed by atoms with Crippen molar-refractivity contribution in [1.29, 1.82) is 0 Å². The first-order chi connectivity index (χ1) is 10.1. The van der Waals surface area contributed by atoms with Gasteiger partial charge in [-0.3, -0.25) is 0 Å². The SMILES string of the molecule is CCCC1CCC(CNC)C(Cc2cc(F)ccc2F)C1. The van der Waals surface area contributed by atoms with Crippen molar-refractivity contribution in [3.05, 3.63) is 35.4 Å². The summed E-state index contributed by atoms with van der Waals surface area (Å²) in [6, 6.07) is 3.82. The van der Waals surface area contributed by atoms with Gasteiger partial charge >= 0.3 is 0 Å². The van der Waals surface area contributed by atoms with Crippen LogP contribution in [0.15, 0.2) is 18.2 Å². The lowest BCUT2D eigenvalue weighted by molar-refractivity contribution is 0.168. The maximum atomic E-state index is 13.9. The highest BCUT2D eigenvalue weighted by Crippen LogP contribution is 2.38. The van der Waals surface area contributed by atoms with Crippen LogP contribution in [-0.4, -0.2) is 13.6 Å². The van der Waals surface area contributed by atoms with Crippen LogP contribution in [0.5, 0.6) is 0 Å². The van der Waals surface area contributed by atoms with Gasteiger partial charge in [-0.05, 0) is 74.4 Å². The van der Waals surface area contributed by atoms with E-state index in [1.54, 1.807) is 0 Å². The number of hydrogen-bond donors (Lipinski definition) is 1. The Hall–Kier alpha value is -0.960. The average molecular weight is 295 g/mol. The first kappa shape index (κ1) is 16.4. The molecular weight excluding hydrogens is 268 g/mol. The lowest BCUT2D eigenvalue weighted by atomic mass is 9.70. The molecule has 1 aliphatic rings. The summed E-state index contributed by atoms with van der Waals surface area (Å²) in [6.45, 7) is 3.20. The molecule has 0 spiro atoms. The summed E-state index contributed by atoms with van der Waals surface area (Å²) in [5.74, 6) is 1.18. The van der Waals surface area contributed by atoms with Crippen LogP contribution < -0.4 is 5.32 Å². The van der Waals surface area contributed by atoms with E-state index in [1.807, 2.05) is 7.05 Å². The fraction of sp³-hybridized carbons (Fsp3) is 0.667. The van der Waals surface area contributed by atoms with Crippen molar-refractivity contribution in [2.75, 3.05) is 13.6 Å². The van der Waals surface area contributed by atoms with Gasteiger partial charge in [-0.1, -0.05) is 26.2 Å². The molecule has 2 rings (SSSR count). The maximum Gasteiger partial charge on any atom is 0.126 e. The minimum absolute atomic E-state index is 0.266. The van der Waals surface area contributed by atoms with Crippen LogP contribution in [0.1, 0.15) is 44.6 Å². The van der Waals surface area contributed by atoms with Gasteiger partial charge in [0.1, 0.15) is 11.6 Å². The van der Waals surface area contributed by atoms with Crippen LogP contribution in [0.25, 0.3) is 0 Å². The quantitative estimate of drug-likeness (QED) is 0.811. The summed E-state index contributed by atoms with van der Waals surface area (Å²) in [5.41, 5.74) is 0.540. The van der Waals surface area contributed by atoms with Gasteiger partial charge in [0.2, 0.25) is 0 Å². The van der Waals surface area contributed by atoms with E-state index in [9.17, 15) is 8.78 Å². The normalized spacial score (nSPS) is 26.0. The van der Waals surface area contributed by atoms with Crippen molar-refractivity contribution < 1.29 is 8.78 Å². The summed E-state index contributed by atoms with van der Waals surface area (Å²) in [5, 5.41) is 3.26. The van der Waals surface area contributed by atoms with Gasteiger partial charge < -0.3 is 5.32 Å². The van der Waals surface area contributed by atoms with E-state index in [0.717, 1.165) is 18.9 Å². The molecule has 1 saturated carbocycles. The second-order valence-corrected chi connectivity index (χ2v) is 6.49. The van der Waals surface area contributed by atoms with Gasteiger partial charge in [0.25, 0.3) is 0 Å². The molecule has 1 fully saturated rings. The zero-order valence-electron chi connectivity index (χ0n) is 13.2. The third-order valence-corrected chi connectivity index (χ3v) is 4.90. The third-order valence-electron chi connectivity index (χ3n) is 4.90. The number of benzene rings is 1. The van der Waals surface area contributed by atoms with Crippen LogP contribution in [-0.2, 0) is 6.42 Å². The van der Waals surface area contributed by atoms with Crippen LogP contribution in [0.3, 0.4) is 0 Å². The fourth-order valence-corrected chi connectivity index (χ4v) is 3.86. The van der Waals surface area contributed by atoms with Crippen LogP contribution in [0.2, 0.25) is 0 Å². The van der Waals surface area contributed by atoms with Gasteiger partial charge in [0, 0.05) is 0 Å². The Morgan fingerprint density at radius 2 is 2.00 bits per heavy atom. The second kappa shape index (κ2) is 7.88. The molecule has 0 heterocycles. The largest absolute Gasteiger partial charge is 0.319 e. The van der Waals surface area contributed by atoms with E-state index < -0.39 is 0 Å². The number of hydrogen-bond acceptors (Lipinski definition) is 1. The molecule has 0 radical (unpaired) electrons. The summed E-state index contributed by atoms with van der Waals surface area (Å²) in [7, 11) is 1.97. The molecule has 0 amide bonds. The van der Waals surface area contributed by atoms with Crippen LogP contribution >= 0.6 is 0 Å². The van der Waals surface area contributed by atoms with Crippen molar-refractivity contribution in [2.24, 2.45) is 17.8 Å². The lowest BCUT2D eigenvalue weighted by Gasteiger charge is -2.36. The predicted molar refractivity (Wildman–Crippen MR) is 83.2 cm³/mol. The van der Waals surface area contributed by atoms with E-state index in [1.165, 1.54) is 43.9 Å². The number of halogens is 2. The van der Waals surface area contributed by atoms with Gasteiger partial charge in [-0.25, -0.2) is 8.78 Å². The molecule has 1 aromatic carbocycles. The molecule has 3 heteroatoms. The molecular formula is C18H27F2N. The van der Waals surface area contributed by atoms with E-state index >= 15 is 0 Å². The first-order valence-electron chi connectivity index (χ1n) is 8.22. The molecule has 1 aromatic rings. The predicted octanol–water partition coefficient (Wildman–Crippen LogP) is 4.56. The highest BCUT2D eigenvalue weighted by Gasteiger charge is 2.30. The van der Waals surface area contributed by atoms with Crippen LogP contribution in [0.4, 0.5) is 8.78 Å². The number of nitrogens with one attached hydrogen (secondary N) is 1. The Bertz CT molecular complexity index is 447. The van der Waals surface area contributed by atoms with E-state index in [0.29, 0.717) is 23.8 Å². The second-order valence-electron chi connectivity index (χ2n) is 6.49. The topological polar surface area (TPSA) is 12.0 Å². The highest BCUT2D eigenvalue weighted by molar-refractivity contribution is 5.19. The maximum absolute atomic E-state index is 13.9. The Morgan fingerprint density at radius 3 is 2.71 bits per heavy atom. The van der Waals surface area contributed by atoms with Gasteiger partial charge in [-0.15, -0.1) is 0 Å². The molecule has 118 valence electrons. The molecule has 0 aliphatic heterocycles. The zero-order valence-corrected chi connectivity index (χ0v) is 13.2. The van der Waals surface area contributed by atoms with Crippen molar-refractivity contribution in [1.82, 2.24) is 5.32 Å². The minimum atomic E-state index is -0.336. The van der Waals surface area contributed by atoms with E-state index in [2.05, 4.69) is 12.2 Å². The summed E-state index contributed by atoms with van der Waals surface area (Å²) in [6.07, 6.45) is 6.76. The van der Waals surface area contributed by atoms with Crippen molar-refractivity contribution in [3.8, 4) is 0 Å². The number of rotatable bonds is 6. The standard InChI is InChI=1S/C18H27F2N/c1-3-4-13-5-6-14(12-21-2)15(9-13)10-16-11-17(19)7-8-18(16)20/h7-8,11,13-15,21H,3-6,9-10,12H2,1-2H3. The first-order valence-corrected chi connectivity index (χ1v) is 8.22. The summed E-state index contributed by atoms with van der Waals surface area (Å²) in [4.78, 5) is 0. The monoisotopic (exact) mass is 295 g/mol. The van der Waals surface area contributed by atoms with Crippen molar-refractivity contribution >= 4 is 0 Å². The lowest BCUT2D eigenvalue weighted by Crippen LogP contribution is -2.33. The molecule has 3 unspecified atom stereocenters. The van der Waals surface area contributed by atoms with E-state index in [4.69, 9.17) is 0 Å². The molecule has 1 nitrogen and oxygen atoms in total. The molecule has 3 atom stereocenters. The highest BCUT2D eigenvalue weighted by atomic mass is 19.1. The average Bonchev–Trinajstić information content (AvgIpc) is 2.46. The van der Waals surface area contributed by atoms with Crippen molar-refractivity contribution in [3.63, 3.8) is 0 Å². The Kier molecular flexibility index (Phi) is 6.16. The van der Waals surface area contributed by atoms with Crippen molar-refractivity contribution in [2.45, 2.75) is 45.4 Å². The smallest absolute Gasteiger partial charge is 0.126 e. The minimum Gasteiger partial charge on any atom is -0.319 e. The Morgan fingerprint density at radius 1 is 1.19 bits per heavy atom. The van der Waals surface area contributed by atoms with Gasteiger partial charge in [0.05, 0.1) is 0 Å². The molecule has 0 saturated heterocycles. The summed E-state index contributed by atoms with van der Waals surface area (Å²) >= 11 is 0.